The summed E-state index contributed by atoms with van der Waals surface area (Å²) in [6.45, 7) is 0. The molecule has 0 spiro atoms. The minimum absolute atomic E-state index is 0.229. The van der Waals surface area contributed by atoms with E-state index in [0.717, 1.165) is 35.8 Å². The van der Waals surface area contributed by atoms with Crippen LogP contribution >= 0.6 is 23.2 Å². The highest BCUT2D eigenvalue weighted by Gasteiger charge is 2.27. The molecule has 1 fully saturated rings. The molecule has 108 valence electrons. The fraction of sp³-hybridized carbons (Fsp3) is 0.562. The molecule has 0 heterocycles. The average molecular weight is 313 g/mol. The van der Waals surface area contributed by atoms with Crippen LogP contribution in [-0.2, 0) is 17.6 Å². The third-order valence-electron chi connectivity index (χ3n) is 4.55. The SMILES string of the molecule is O=C(Cl)OC1CCc2cc(CC3CCCC3)c(Cl)cc21. The quantitative estimate of drug-likeness (QED) is 0.695. The zero-order valence-electron chi connectivity index (χ0n) is 11.3. The summed E-state index contributed by atoms with van der Waals surface area (Å²) < 4.78 is 5.13. The van der Waals surface area contributed by atoms with E-state index in [0.29, 0.717) is 0 Å². The standard InChI is InChI=1S/C16H18Cl2O2/c17-14-9-13-11(5-6-15(13)20-16(18)19)8-12(14)7-10-3-1-2-4-10/h8-10,15H,1-7H2. The molecule has 0 aromatic heterocycles. The van der Waals surface area contributed by atoms with E-state index in [9.17, 15) is 4.79 Å². The van der Waals surface area contributed by atoms with Gasteiger partial charge in [0, 0.05) is 16.6 Å². The van der Waals surface area contributed by atoms with Gasteiger partial charge in [-0.15, -0.1) is 0 Å². The average Bonchev–Trinajstić information content (AvgIpc) is 3.01. The Morgan fingerprint density at radius 1 is 1.25 bits per heavy atom. The van der Waals surface area contributed by atoms with Gasteiger partial charge in [-0.2, -0.15) is 0 Å². The van der Waals surface area contributed by atoms with Gasteiger partial charge >= 0.3 is 5.43 Å². The van der Waals surface area contributed by atoms with Crippen LogP contribution in [0.15, 0.2) is 12.1 Å². The summed E-state index contributed by atoms with van der Waals surface area (Å²) >= 11 is 11.7. The Hall–Kier alpha value is -0.730. The molecule has 2 aliphatic carbocycles. The number of carbonyl (C=O) groups is 1. The van der Waals surface area contributed by atoms with Crippen molar-refractivity contribution < 1.29 is 9.53 Å². The Morgan fingerprint density at radius 3 is 2.70 bits per heavy atom. The first-order chi connectivity index (χ1) is 9.63. The van der Waals surface area contributed by atoms with Gasteiger partial charge in [0.15, 0.2) is 0 Å². The molecule has 0 radical (unpaired) electrons. The van der Waals surface area contributed by atoms with Crippen molar-refractivity contribution in [3.05, 3.63) is 33.8 Å². The normalized spacial score (nSPS) is 22.0. The maximum absolute atomic E-state index is 10.9. The van der Waals surface area contributed by atoms with Crippen molar-refractivity contribution in [1.29, 1.82) is 0 Å². The van der Waals surface area contributed by atoms with E-state index in [2.05, 4.69) is 6.07 Å². The molecule has 2 aliphatic rings. The van der Waals surface area contributed by atoms with E-state index >= 15 is 0 Å². The van der Waals surface area contributed by atoms with Crippen LogP contribution in [0.5, 0.6) is 0 Å². The molecule has 1 atom stereocenters. The van der Waals surface area contributed by atoms with Crippen molar-refractivity contribution in [2.24, 2.45) is 5.92 Å². The van der Waals surface area contributed by atoms with E-state index in [1.54, 1.807) is 0 Å². The van der Waals surface area contributed by atoms with Gasteiger partial charge < -0.3 is 4.74 Å². The third kappa shape index (κ3) is 2.96. The van der Waals surface area contributed by atoms with E-state index in [1.165, 1.54) is 36.8 Å². The van der Waals surface area contributed by atoms with Gasteiger partial charge in [0.2, 0.25) is 0 Å². The Morgan fingerprint density at radius 2 is 2.00 bits per heavy atom. The highest BCUT2D eigenvalue weighted by atomic mass is 35.5. The lowest BCUT2D eigenvalue weighted by atomic mass is 9.95. The molecule has 0 aliphatic heterocycles. The third-order valence-corrected chi connectivity index (χ3v) is 4.99. The zero-order valence-corrected chi connectivity index (χ0v) is 12.8. The predicted molar refractivity (Wildman–Crippen MR) is 80.5 cm³/mol. The molecule has 1 aromatic carbocycles. The molecule has 2 nitrogen and oxygen atoms in total. The summed E-state index contributed by atoms with van der Waals surface area (Å²) in [5, 5.41) is 0.799. The minimum atomic E-state index is -0.742. The number of aryl methyl sites for hydroxylation is 1. The van der Waals surface area contributed by atoms with Gasteiger partial charge in [0.1, 0.15) is 6.10 Å². The van der Waals surface area contributed by atoms with Crippen LogP contribution < -0.4 is 0 Å². The van der Waals surface area contributed by atoms with Crippen molar-refractivity contribution in [2.45, 2.75) is 51.0 Å². The van der Waals surface area contributed by atoms with Crippen LogP contribution in [0.1, 0.15) is 54.9 Å². The molecule has 0 amide bonds. The van der Waals surface area contributed by atoms with Crippen molar-refractivity contribution in [2.75, 3.05) is 0 Å². The van der Waals surface area contributed by atoms with Crippen molar-refractivity contribution in [1.82, 2.24) is 0 Å². The Balaban J connectivity index is 1.80. The number of fused-ring (bicyclic) bond motifs is 1. The number of hydrogen-bond acceptors (Lipinski definition) is 2. The van der Waals surface area contributed by atoms with Crippen molar-refractivity contribution in [3.8, 4) is 0 Å². The van der Waals surface area contributed by atoms with Crippen LogP contribution in [0.3, 0.4) is 0 Å². The van der Waals surface area contributed by atoms with E-state index in [4.69, 9.17) is 27.9 Å². The van der Waals surface area contributed by atoms with E-state index in [1.807, 2.05) is 6.07 Å². The van der Waals surface area contributed by atoms with Crippen LogP contribution in [-0.4, -0.2) is 5.43 Å². The van der Waals surface area contributed by atoms with Crippen LogP contribution in [0, 0.1) is 5.92 Å². The maximum atomic E-state index is 10.9. The molecule has 0 N–H and O–H groups in total. The lowest BCUT2D eigenvalue weighted by Crippen LogP contribution is -2.04. The van der Waals surface area contributed by atoms with E-state index in [-0.39, 0.29) is 6.10 Å². The summed E-state index contributed by atoms with van der Waals surface area (Å²) in [6.07, 6.45) is 7.91. The maximum Gasteiger partial charge on any atom is 0.404 e. The molecule has 4 heteroatoms. The smallest absolute Gasteiger partial charge is 0.404 e. The van der Waals surface area contributed by atoms with Gasteiger partial charge in [-0.3, -0.25) is 0 Å². The molecule has 1 unspecified atom stereocenters. The lowest BCUT2D eigenvalue weighted by Gasteiger charge is -2.15. The fourth-order valence-corrected chi connectivity index (χ4v) is 3.92. The Bertz CT molecular complexity index is 521. The van der Waals surface area contributed by atoms with Crippen molar-refractivity contribution >= 4 is 28.6 Å². The summed E-state index contributed by atoms with van der Waals surface area (Å²) in [7, 11) is 0. The molecule has 0 saturated heterocycles. The highest BCUT2D eigenvalue weighted by Crippen LogP contribution is 2.39. The largest absolute Gasteiger partial charge is 0.445 e. The van der Waals surface area contributed by atoms with Gasteiger partial charge in [0.25, 0.3) is 0 Å². The minimum Gasteiger partial charge on any atom is -0.445 e. The Labute approximate surface area is 129 Å². The highest BCUT2D eigenvalue weighted by molar-refractivity contribution is 6.61. The second kappa shape index (κ2) is 5.95. The predicted octanol–water partition coefficient (Wildman–Crippen LogP) is 5.44. The fourth-order valence-electron chi connectivity index (χ4n) is 3.56. The van der Waals surface area contributed by atoms with Crippen LogP contribution in [0.2, 0.25) is 5.02 Å². The van der Waals surface area contributed by atoms with E-state index < -0.39 is 5.43 Å². The second-order valence-electron chi connectivity index (χ2n) is 5.88. The molecular formula is C16H18Cl2O2. The molecular weight excluding hydrogens is 295 g/mol. The topological polar surface area (TPSA) is 26.3 Å². The summed E-state index contributed by atoms with van der Waals surface area (Å²) in [5.74, 6) is 0.781. The van der Waals surface area contributed by atoms with Gasteiger partial charge in [0.05, 0.1) is 0 Å². The number of rotatable bonds is 3. The monoisotopic (exact) mass is 312 g/mol. The number of carbonyl (C=O) groups excluding carboxylic acids is 1. The second-order valence-corrected chi connectivity index (χ2v) is 6.60. The first-order valence-corrected chi connectivity index (χ1v) is 8.06. The lowest BCUT2D eigenvalue weighted by molar-refractivity contribution is 0.122. The number of halogens is 2. The number of ether oxygens (including phenoxy) is 1. The van der Waals surface area contributed by atoms with Gasteiger partial charge in [-0.25, -0.2) is 4.79 Å². The first kappa shape index (κ1) is 14.2. The molecule has 1 aromatic rings. The molecule has 0 bridgehead atoms. The van der Waals surface area contributed by atoms with Crippen LogP contribution in [0.4, 0.5) is 4.79 Å². The first-order valence-electron chi connectivity index (χ1n) is 7.31. The van der Waals surface area contributed by atoms with Crippen LogP contribution in [0.25, 0.3) is 0 Å². The number of hydrogen-bond donors (Lipinski definition) is 0. The molecule has 20 heavy (non-hydrogen) atoms. The molecule has 3 rings (SSSR count). The summed E-state index contributed by atoms with van der Waals surface area (Å²) in [4.78, 5) is 10.9. The number of benzene rings is 1. The van der Waals surface area contributed by atoms with Gasteiger partial charge in [-0.1, -0.05) is 43.4 Å². The summed E-state index contributed by atoms with van der Waals surface area (Å²) in [6, 6.07) is 4.18. The van der Waals surface area contributed by atoms with Crippen molar-refractivity contribution in [3.63, 3.8) is 0 Å². The van der Waals surface area contributed by atoms with Gasteiger partial charge in [-0.05, 0) is 47.9 Å². The summed E-state index contributed by atoms with van der Waals surface area (Å²) in [5.41, 5.74) is 2.79. The molecule has 1 saturated carbocycles. The zero-order chi connectivity index (χ0) is 14.1. The Kier molecular flexibility index (Phi) is 4.23.